The minimum absolute atomic E-state index is 0.325. The van der Waals surface area contributed by atoms with Crippen molar-refractivity contribution in [2.45, 2.75) is 6.04 Å². The number of nitrogens with one attached hydrogen (secondary N) is 1. The number of nitrogens with two attached hydrogens (primary N) is 1. The Kier molecular flexibility index (Phi) is 3.14. The second-order valence-electron chi connectivity index (χ2n) is 3.23. The Hall–Kier alpha value is -1.50. The van der Waals surface area contributed by atoms with Gasteiger partial charge in [0.05, 0.1) is 28.8 Å². The van der Waals surface area contributed by atoms with Gasteiger partial charge in [0.1, 0.15) is 6.04 Å². The van der Waals surface area contributed by atoms with Crippen molar-refractivity contribution in [3.05, 3.63) is 41.2 Å². The van der Waals surface area contributed by atoms with Crippen molar-refractivity contribution in [2.75, 3.05) is 0 Å². The SMILES string of the molecule is Cn1ncc(Cl)c1C(NN)c1cnccn1. The Labute approximate surface area is 97.4 Å². The standard InChI is InChI=1S/C9H11ClN6/c1-16-9(6(10)4-14-16)8(15-11)7-5-12-2-3-13-7/h2-5,8,15H,11H2,1H3. The average molecular weight is 239 g/mol. The molecule has 0 aliphatic heterocycles. The maximum atomic E-state index is 6.04. The molecule has 7 heteroatoms. The molecule has 1 atom stereocenters. The van der Waals surface area contributed by atoms with E-state index >= 15 is 0 Å². The van der Waals surface area contributed by atoms with Gasteiger partial charge in [-0.1, -0.05) is 11.6 Å². The predicted molar refractivity (Wildman–Crippen MR) is 59.4 cm³/mol. The lowest BCUT2D eigenvalue weighted by molar-refractivity contribution is 0.562. The van der Waals surface area contributed by atoms with Crippen LogP contribution in [-0.2, 0) is 7.05 Å². The molecule has 16 heavy (non-hydrogen) atoms. The number of hydrogen-bond donors (Lipinski definition) is 2. The van der Waals surface area contributed by atoms with Gasteiger partial charge < -0.3 is 0 Å². The van der Waals surface area contributed by atoms with Crippen LogP contribution >= 0.6 is 11.6 Å². The second kappa shape index (κ2) is 4.56. The minimum atomic E-state index is -0.325. The average Bonchev–Trinajstić information content (AvgIpc) is 2.63. The van der Waals surface area contributed by atoms with Crippen molar-refractivity contribution < 1.29 is 0 Å². The molecule has 2 aromatic heterocycles. The van der Waals surface area contributed by atoms with Crippen LogP contribution in [0.1, 0.15) is 17.4 Å². The molecule has 2 rings (SSSR count). The maximum absolute atomic E-state index is 6.04. The van der Waals surface area contributed by atoms with Crippen molar-refractivity contribution in [3.63, 3.8) is 0 Å². The van der Waals surface area contributed by atoms with Crippen LogP contribution in [0.25, 0.3) is 0 Å². The molecule has 0 saturated heterocycles. The van der Waals surface area contributed by atoms with Crippen LogP contribution < -0.4 is 11.3 Å². The molecule has 3 N–H and O–H groups in total. The molecule has 1 unspecified atom stereocenters. The van der Waals surface area contributed by atoms with Crippen LogP contribution in [0, 0.1) is 0 Å². The summed E-state index contributed by atoms with van der Waals surface area (Å²) in [6, 6.07) is -0.325. The zero-order valence-corrected chi connectivity index (χ0v) is 9.39. The predicted octanol–water partition coefficient (Wildman–Crippen LogP) is 0.416. The number of hydrazine groups is 1. The van der Waals surface area contributed by atoms with E-state index in [0.717, 1.165) is 5.69 Å². The Morgan fingerprint density at radius 1 is 1.44 bits per heavy atom. The fraction of sp³-hybridized carbons (Fsp3) is 0.222. The Balaban J connectivity index is 2.45. The van der Waals surface area contributed by atoms with Crippen LogP contribution in [-0.4, -0.2) is 19.7 Å². The summed E-state index contributed by atoms with van der Waals surface area (Å²) >= 11 is 6.04. The summed E-state index contributed by atoms with van der Waals surface area (Å²) in [4.78, 5) is 8.18. The summed E-state index contributed by atoms with van der Waals surface area (Å²) in [5, 5.41) is 4.59. The normalized spacial score (nSPS) is 12.7. The summed E-state index contributed by atoms with van der Waals surface area (Å²) < 4.78 is 1.65. The lowest BCUT2D eigenvalue weighted by Crippen LogP contribution is -2.31. The van der Waals surface area contributed by atoms with E-state index in [1.54, 1.807) is 36.5 Å². The largest absolute Gasteiger partial charge is 0.270 e. The van der Waals surface area contributed by atoms with Gasteiger partial charge in [0.15, 0.2) is 0 Å². The van der Waals surface area contributed by atoms with Gasteiger partial charge in [-0.3, -0.25) is 20.5 Å². The Morgan fingerprint density at radius 2 is 2.25 bits per heavy atom. The fourth-order valence-electron chi connectivity index (χ4n) is 1.51. The fourth-order valence-corrected chi connectivity index (χ4v) is 1.78. The van der Waals surface area contributed by atoms with Crippen molar-refractivity contribution in [1.29, 1.82) is 0 Å². The van der Waals surface area contributed by atoms with Gasteiger partial charge in [-0.05, 0) is 0 Å². The molecule has 0 aromatic carbocycles. The summed E-state index contributed by atoms with van der Waals surface area (Å²) in [5.41, 5.74) is 4.10. The third-order valence-electron chi connectivity index (χ3n) is 2.26. The van der Waals surface area contributed by atoms with Gasteiger partial charge >= 0.3 is 0 Å². The molecule has 6 nitrogen and oxygen atoms in total. The highest BCUT2D eigenvalue weighted by atomic mass is 35.5. The van der Waals surface area contributed by atoms with Gasteiger partial charge in [-0.2, -0.15) is 5.10 Å². The molecule has 0 radical (unpaired) electrons. The van der Waals surface area contributed by atoms with Crippen molar-refractivity contribution >= 4 is 11.6 Å². The van der Waals surface area contributed by atoms with Crippen molar-refractivity contribution in [1.82, 2.24) is 25.2 Å². The van der Waals surface area contributed by atoms with E-state index in [1.807, 2.05) is 0 Å². The molecule has 0 fully saturated rings. The van der Waals surface area contributed by atoms with Crippen LogP contribution in [0.3, 0.4) is 0 Å². The summed E-state index contributed by atoms with van der Waals surface area (Å²) in [6.07, 6.45) is 6.40. The van der Waals surface area contributed by atoms with Crippen molar-refractivity contribution in [3.8, 4) is 0 Å². The Bertz CT molecular complexity index is 449. The highest BCUT2D eigenvalue weighted by Gasteiger charge is 2.20. The number of halogens is 1. The topological polar surface area (TPSA) is 81.7 Å². The molecule has 0 spiro atoms. The molecule has 2 aromatic rings. The second-order valence-corrected chi connectivity index (χ2v) is 3.64. The first kappa shape index (κ1) is 11.0. The monoisotopic (exact) mass is 238 g/mol. The van der Waals surface area contributed by atoms with Crippen LogP contribution in [0.2, 0.25) is 5.02 Å². The highest BCUT2D eigenvalue weighted by molar-refractivity contribution is 6.31. The van der Waals surface area contributed by atoms with Crippen LogP contribution in [0.4, 0.5) is 0 Å². The maximum Gasteiger partial charge on any atom is 0.108 e. The molecular formula is C9H11ClN6. The molecule has 0 saturated carbocycles. The van der Waals surface area contributed by atoms with E-state index in [1.165, 1.54) is 0 Å². The highest BCUT2D eigenvalue weighted by Crippen LogP contribution is 2.25. The number of hydrogen-bond acceptors (Lipinski definition) is 5. The van der Waals surface area contributed by atoms with E-state index in [-0.39, 0.29) is 6.04 Å². The first-order valence-electron chi connectivity index (χ1n) is 4.63. The molecule has 84 valence electrons. The summed E-state index contributed by atoms with van der Waals surface area (Å²) in [5.74, 6) is 5.52. The molecule has 0 bridgehead atoms. The number of nitrogens with zero attached hydrogens (tertiary/aromatic N) is 4. The molecule has 0 amide bonds. The van der Waals surface area contributed by atoms with Gasteiger partial charge in [0.2, 0.25) is 0 Å². The third-order valence-corrected chi connectivity index (χ3v) is 2.55. The molecule has 2 heterocycles. The zero-order chi connectivity index (χ0) is 11.5. The Morgan fingerprint density at radius 3 is 2.75 bits per heavy atom. The first-order valence-corrected chi connectivity index (χ1v) is 5.01. The van der Waals surface area contributed by atoms with Crippen LogP contribution in [0.5, 0.6) is 0 Å². The smallest absolute Gasteiger partial charge is 0.108 e. The molecule has 0 aliphatic carbocycles. The summed E-state index contributed by atoms with van der Waals surface area (Å²) in [6.45, 7) is 0. The molecular weight excluding hydrogens is 228 g/mol. The minimum Gasteiger partial charge on any atom is -0.270 e. The molecule has 0 aliphatic rings. The van der Waals surface area contributed by atoms with Gasteiger partial charge in [-0.25, -0.2) is 5.43 Å². The van der Waals surface area contributed by atoms with E-state index < -0.39 is 0 Å². The van der Waals surface area contributed by atoms with E-state index in [4.69, 9.17) is 17.4 Å². The van der Waals surface area contributed by atoms with E-state index in [2.05, 4.69) is 20.5 Å². The third kappa shape index (κ3) is 1.90. The van der Waals surface area contributed by atoms with Gasteiger partial charge in [-0.15, -0.1) is 0 Å². The quantitative estimate of drug-likeness (QED) is 0.598. The van der Waals surface area contributed by atoms with E-state index in [9.17, 15) is 0 Å². The van der Waals surface area contributed by atoms with E-state index in [0.29, 0.717) is 10.7 Å². The number of aryl methyl sites for hydroxylation is 1. The van der Waals surface area contributed by atoms with Gasteiger partial charge in [0.25, 0.3) is 0 Å². The van der Waals surface area contributed by atoms with Crippen molar-refractivity contribution in [2.24, 2.45) is 12.9 Å². The lowest BCUT2D eigenvalue weighted by atomic mass is 10.1. The van der Waals surface area contributed by atoms with Gasteiger partial charge in [0, 0.05) is 19.4 Å². The van der Waals surface area contributed by atoms with Crippen LogP contribution in [0.15, 0.2) is 24.8 Å². The zero-order valence-electron chi connectivity index (χ0n) is 8.63. The summed E-state index contributed by atoms with van der Waals surface area (Å²) in [7, 11) is 1.79. The lowest BCUT2D eigenvalue weighted by Gasteiger charge is -2.15. The first-order chi connectivity index (χ1) is 7.74. The number of rotatable bonds is 3. The number of aromatic nitrogens is 4.